The van der Waals surface area contributed by atoms with Crippen molar-refractivity contribution in [2.75, 3.05) is 11.9 Å². The molecular formula is C9H12N2O4S. The number of aliphatic carboxylic acids is 2. The molecule has 0 unspecified atom stereocenters. The second kappa shape index (κ2) is 5.45. The Bertz CT molecular complexity index is 402. The lowest BCUT2D eigenvalue weighted by Gasteiger charge is -1.97. The first-order valence-electron chi connectivity index (χ1n) is 4.63. The Balaban J connectivity index is 2.55. The highest BCUT2D eigenvalue weighted by Gasteiger charge is 2.10. The number of aromatic nitrogens is 1. The van der Waals surface area contributed by atoms with Crippen molar-refractivity contribution in [1.82, 2.24) is 4.98 Å². The number of anilines is 1. The molecule has 0 fully saturated rings. The molecule has 7 heteroatoms. The summed E-state index contributed by atoms with van der Waals surface area (Å²) in [5.74, 6) is -1.81. The fourth-order valence-electron chi connectivity index (χ4n) is 1.09. The lowest BCUT2D eigenvalue weighted by Crippen LogP contribution is -2.07. The minimum Gasteiger partial charge on any atom is -0.481 e. The van der Waals surface area contributed by atoms with Crippen molar-refractivity contribution >= 4 is 28.4 Å². The summed E-state index contributed by atoms with van der Waals surface area (Å²) in [6, 6.07) is 0. The number of hydrogen-bond donors (Lipinski definition) is 3. The quantitative estimate of drug-likeness (QED) is 0.689. The van der Waals surface area contributed by atoms with Gasteiger partial charge in [-0.15, -0.1) is 11.3 Å². The molecule has 0 bridgehead atoms. The molecule has 1 heterocycles. The van der Waals surface area contributed by atoms with Crippen LogP contribution in [0.2, 0.25) is 0 Å². The molecule has 88 valence electrons. The summed E-state index contributed by atoms with van der Waals surface area (Å²) in [6.07, 6.45) is -0.101. The van der Waals surface area contributed by atoms with Gasteiger partial charge in [-0.25, -0.2) is 4.98 Å². The van der Waals surface area contributed by atoms with Crippen LogP contribution in [0.1, 0.15) is 17.0 Å². The van der Waals surface area contributed by atoms with E-state index >= 15 is 0 Å². The molecule has 16 heavy (non-hydrogen) atoms. The molecule has 0 saturated carbocycles. The normalized spacial score (nSPS) is 10.1. The van der Waals surface area contributed by atoms with Crippen molar-refractivity contribution in [2.45, 2.75) is 19.8 Å². The van der Waals surface area contributed by atoms with Crippen LogP contribution in [0, 0.1) is 6.92 Å². The van der Waals surface area contributed by atoms with Gasteiger partial charge in [0.05, 0.1) is 18.5 Å². The third-order valence-electron chi connectivity index (χ3n) is 1.83. The Labute approximate surface area is 95.9 Å². The van der Waals surface area contributed by atoms with E-state index in [-0.39, 0.29) is 19.4 Å². The predicted molar refractivity (Wildman–Crippen MR) is 58.9 cm³/mol. The first-order valence-corrected chi connectivity index (χ1v) is 5.44. The third-order valence-corrected chi connectivity index (χ3v) is 2.80. The summed E-state index contributed by atoms with van der Waals surface area (Å²) in [4.78, 5) is 25.7. The smallest absolute Gasteiger partial charge is 0.309 e. The van der Waals surface area contributed by atoms with E-state index in [1.807, 2.05) is 0 Å². The molecular weight excluding hydrogens is 232 g/mol. The first-order chi connectivity index (χ1) is 7.49. The number of carbonyl (C=O) groups is 2. The Kier molecular flexibility index (Phi) is 4.24. The Morgan fingerprint density at radius 1 is 1.38 bits per heavy atom. The number of nitrogens with one attached hydrogen (secondary N) is 1. The minimum absolute atomic E-state index is 0.00684. The molecule has 0 atom stereocenters. The minimum atomic E-state index is -0.925. The van der Waals surface area contributed by atoms with Crippen LogP contribution in [0.4, 0.5) is 5.13 Å². The van der Waals surface area contributed by atoms with Crippen molar-refractivity contribution in [3.05, 3.63) is 10.6 Å². The van der Waals surface area contributed by atoms with E-state index in [1.54, 1.807) is 6.92 Å². The van der Waals surface area contributed by atoms with Crippen LogP contribution < -0.4 is 5.32 Å². The number of aryl methyl sites for hydroxylation is 1. The molecule has 0 radical (unpaired) electrons. The number of hydrogen-bond acceptors (Lipinski definition) is 5. The van der Waals surface area contributed by atoms with Gasteiger partial charge in [-0.2, -0.15) is 0 Å². The van der Waals surface area contributed by atoms with Crippen LogP contribution in [0.15, 0.2) is 0 Å². The van der Waals surface area contributed by atoms with Crippen LogP contribution in [0.25, 0.3) is 0 Å². The highest BCUT2D eigenvalue weighted by Crippen LogP contribution is 2.22. The first kappa shape index (κ1) is 12.4. The summed E-state index contributed by atoms with van der Waals surface area (Å²) >= 11 is 1.33. The van der Waals surface area contributed by atoms with Crippen LogP contribution in [0.3, 0.4) is 0 Å². The van der Waals surface area contributed by atoms with Crippen molar-refractivity contribution in [1.29, 1.82) is 0 Å². The molecule has 0 amide bonds. The molecule has 0 aliphatic carbocycles. The van der Waals surface area contributed by atoms with Gasteiger partial charge in [-0.3, -0.25) is 9.59 Å². The zero-order valence-electron chi connectivity index (χ0n) is 8.69. The van der Waals surface area contributed by atoms with E-state index in [4.69, 9.17) is 10.2 Å². The molecule has 1 rings (SSSR count). The average Bonchev–Trinajstić information content (AvgIpc) is 2.45. The SMILES string of the molecule is Cc1sc(NCCC(=O)O)nc1CC(=O)O. The fraction of sp³-hybridized carbons (Fsp3) is 0.444. The molecule has 0 saturated heterocycles. The monoisotopic (exact) mass is 244 g/mol. The van der Waals surface area contributed by atoms with Crippen LogP contribution >= 0.6 is 11.3 Å². The van der Waals surface area contributed by atoms with E-state index in [0.29, 0.717) is 10.8 Å². The molecule has 3 N–H and O–H groups in total. The topological polar surface area (TPSA) is 99.5 Å². The van der Waals surface area contributed by atoms with E-state index in [2.05, 4.69) is 10.3 Å². The van der Waals surface area contributed by atoms with E-state index in [0.717, 1.165) is 4.88 Å². The van der Waals surface area contributed by atoms with E-state index in [9.17, 15) is 9.59 Å². The Morgan fingerprint density at radius 3 is 2.62 bits per heavy atom. The number of nitrogens with zero attached hydrogens (tertiary/aromatic N) is 1. The average molecular weight is 244 g/mol. The molecule has 0 aliphatic heterocycles. The van der Waals surface area contributed by atoms with E-state index < -0.39 is 11.9 Å². The zero-order valence-corrected chi connectivity index (χ0v) is 9.50. The van der Waals surface area contributed by atoms with Gasteiger partial charge in [0.2, 0.25) is 0 Å². The summed E-state index contributed by atoms with van der Waals surface area (Å²) in [7, 11) is 0. The Hall–Kier alpha value is -1.63. The molecule has 1 aromatic heterocycles. The second-order valence-corrected chi connectivity index (χ2v) is 4.37. The maximum absolute atomic E-state index is 10.5. The predicted octanol–water partition coefficient (Wildman–Crippen LogP) is 0.965. The summed E-state index contributed by atoms with van der Waals surface area (Å²) in [5.41, 5.74) is 0.523. The van der Waals surface area contributed by atoms with Gasteiger partial charge in [-0.05, 0) is 6.92 Å². The lowest BCUT2D eigenvalue weighted by atomic mass is 10.3. The van der Waals surface area contributed by atoms with Crippen molar-refractivity contribution in [2.24, 2.45) is 0 Å². The van der Waals surface area contributed by atoms with E-state index in [1.165, 1.54) is 11.3 Å². The highest BCUT2D eigenvalue weighted by molar-refractivity contribution is 7.15. The van der Waals surface area contributed by atoms with Crippen molar-refractivity contribution < 1.29 is 19.8 Å². The second-order valence-electron chi connectivity index (χ2n) is 3.16. The van der Waals surface area contributed by atoms with Gasteiger partial charge >= 0.3 is 11.9 Å². The summed E-state index contributed by atoms with van der Waals surface area (Å²) in [5, 5.41) is 20.5. The van der Waals surface area contributed by atoms with Gasteiger partial charge in [-0.1, -0.05) is 0 Å². The van der Waals surface area contributed by atoms with Crippen LogP contribution in [-0.4, -0.2) is 33.7 Å². The van der Waals surface area contributed by atoms with Crippen molar-refractivity contribution in [3.63, 3.8) is 0 Å². The fourth-order valence-corrected chi connectivity index (χ4v) is 1.94. The molecule has 1 aromatic rings. The van der Waals surface area contributed by atoms with Gasteiger partial charge in [0.25, 0.3) is 0 Å². The van der Waals surface area contributed by atoms with Gasteiger partial charge in [0, 0.05) is 11.4 Å². The summed E-state index contributed by atoms with van der Waals surface area (Å²) in [6.45, 7) is 2.08. The number of rotatable bonds is 6. The highest BCUT2D eigenvalue weighted by atomic mass is 32.1. The molecule has 0 aliphatic rings. The van der Waals surface area contributed by atoms with Crippen LogP contribution in [0.5, 0.6) is 0 Å². The van der Waals surface area contributed by atoms with Gasteiger partial charge in [0.15, 0.2) is 5.13 Å². The molecule has 0 aromatic carbocycles. The van der Waals surface area contributed by atoms with Crippen LogP contribution in [-0.2, 0) is 16.0 Å². The number of carboxylic acid groups (broad SMARTS) is 2. The van der Waals surface area contributed by atoms with Gasteiger partial charge < -0.3 is 15.5 Å². The maximum atomic E-state index is 10.5. The zero-order chi connectivity index (χ0) is 12.1. The van der Waals surface area contributed by atoms with Crippen molar-refractivity contribution in [3.8, 4) is 0 Å². The number of carboxylic acids is 2. The number of thiazole rings is 1. The molecule has 6 nitrogen and oxygen atoms in total. The largest absolute Gasteiger partial charge is 0.481 e. The summed E-state index contributed by atoms with van der Waals surface area (Å²) < 4.78 is 0. The molecule has 0 spiro atoms. The Morgan fingerprint density at radius 2 is 2.06 bits per heavy atom. The third kappa shape index (κ3) is 3.85. The standard InChI is InChI=1S/C9H12N2O4S/c1-5-6(4-8(14)15)11-9(16-5)10-3-2-7(12)13/h2-4H2,1H3,(H,10,11)(H,12,13)(H,14,15). The van der Waals surface area contributed by atoms with Gasteiger partial charge in [0.1, 0.15) is 0 Å². The maximum Gasteiger partial charge on any atom is 0.309 e. The lowest BCUT2D eigenvalue weighted by molar-refractivity contribution is -0.137.